The Hall–Kier alpha value is -6.45. The maximum Gasteiger partial charge on any atom is 0.0774 e. The second-order valence-electron chi connectivity index (χ2n) is 17.6. The predicted octanol–water partition coefficient (Wildman–Crippen LogP) is 15.6. The summed E-state index contributed by atoms with van der Waals surface area (Å²) in [6.45, 7) is 13.8. The van der Waals surface area contributed by atoms with Crippen LogP contribution in [0.15, 0.2) is 176 Å². The fourth-order valence-electron chi connectivity index (χ4n) is 9.42. The van der Waals surface area contributed by atoms with Crippen molar-refractivity contribution in [3.05, 3.63) is 210 Å². The molecule has 63 heavy (non-hydrogen) atoms. The number of rotatable bonds is 6. The van der Waals surface area contributed by atoms with Crippen molar-refractivity contribution in [1.29, 1.82) is 0 Å². The zero-order valence-electron chi connectivity index (χ0n) is 36.6. The molecule has 1 aliphatic carbocycles. The van der Waals surface area contributed by atoms with Gasteiger partial charge >= 0.3 is 0 Å². The first-order valence-corrected chi connectivity index (χ1v) is 21.8. The van der Waals surface area contributed by atoms with Gasteiger partial charge in [-0.2, -0.15) is 0 Å². The smallest absolute Gasteiger partial charge is 0.0774 e. The van der Waals surface area contributed by atoms with Gasteiger partial charge in [0, 0.05) is 43.0 Å². The van der Waals surface area contributed by atoms with Crippen molar-refractivity contribution >= 4 is 32.6 Å². The van der Waals surface area contributed by atoms with Crippen molar-refractivity contribution < 1.29 is 20.1 Å². The monoisotopic (exact) mass is 992 g/mol. The Morgan fingerprint density at radius 3 is 2.00 bits per heavy atom. The van der Waals surface area contributed by atoms with E-state index in [9.17, 15) is 0 Å². The minimum Gasteiger partial charge on any atom is -0.333 e. The molecule has 3 nitrogen and oxygen atoms in total. The number of aromatic nitrogens is 3. The van der Waals surface area contributed by atoms with Gasteiger partial charge in [-0.1, -0.05) is 162 Å². The SMILES string of the molecule is CC(C)c1cc(-c2ccccc2)cc(C(C)C)c1-n1c(-c2[c-]cc3c(ccc4ccccc43)c2)nc2ccccc21.CC1(C)c2ccccc2-c2cnc(-c3[c-]cccc3)cc21.[Ir]. The van der Waals surface area contributed by atoms with Gasteiger partial charge in [-0.25, -0.2) is 0 Å². The van der Waals surface area contributed by atoms with Gasteiger partial charge in [0.25, 0.3) is 0 Å². The fourth-order valence-corrected chi connectivity index (χ4v) is 9.42. The van der Waals surface area contributed by atoms with Crippen molar-refractivity contribution in [2.75, 3.05) is 0 Å². The molecule has 0 bridgehead atoms. The molecule has 0 N–H and O–H groups in total. The molecule has 311 valence electrons. The summed E-state index contributed by atoms with van der Waals surface area (Å²) in [5.74, 6) is 1.58. The van der Waals surface area contributed by atoms with Crippen LogP contribution in [0.1, 0.15) is 75.6 Å². The third-order valence-electron chi connectivity index (χ3n) is 12.7. The van der Waals surface area contributed by atoms with Gasteiger partial charge in [0.05, 0.1) is 16.9 Å². The van der Waals surface area contributed by atoms with Crippen LogP contribution in [0.25, 0.3) is 83.2 Å². The average molecular weight is 992 g/mol. The zero-order chi connectivity index (χ0) is 42.5. The van der Waals surface area contributed by atoms with Gasteiger partial charge in [0.1, 0.15) is 0 Å². The van der Waals surface area contributed by atoms with Crippen LogP contribution in [-0.2, 0) is 25.5 Å². The summed E-state index contributed by atoms with van der Waals surface area (Å²) in [6, 6.07) is 67.1. The number of para-hydroxylation sites is 2. The molecule has 11 rings (SSSR count). The molecule has 4 heteroatoms. The van der Waals surface area contributed by atoms with Crippen LogP contribution in [0.4, 0.5) is 0 Å². The number of benzene rings is 8. The summed E-state index contributed by atoms with van der Waals surface area (Å²) in [4.78, 5) is 9.90. The molecule has 2 aromatic heterocycles. The van der Waals surface area contributed by atoms with Crippen molar-refractivity contribution in [2.24, 2.45) is 0 Å². The van der Waals surface area contributed by atoms with E-state index in [1.54, 1.807) is 0 Å². The van der Waals surface area contributed by atoms with Gasteiger partial charge in [-0.15, -0.1) is 65.0 Å². The Bertz CT molecular complexity index is 3240. The minimum atomic E-state index is 0. The first-order chi connectivity index (χ1) is 30.2. The van der Waals surface area contributed by atoms with Crippen LogP contribution in [0, 0.1) is 12.1 Å². The first kappa shape index (κ1) is 41.9. The van der Waals surface area contributed by atoms with Crippen LogP contribution < -0.4 is 0 Å². The Morgan fingerprint density at radius 1 is 0.556 bits per heavy atom. The Kier molecular flexibility index (Phi) is 11.3. The minimum absolute atomic E-state index is 0. The maximum absolute atomic E-state index is 5.24. The van der Waals surface area contributed by atoms with Crippen LogP contribution in [0.2, 0.25) is 0 Å². The summed E-state index contributed by atoms with van der Waals surface area (Å²) >= 11 is 0. The van der Waals surface area contributed by atoms with Crippen LogP contribution in [0.3, 0.4) is 0 Å². The number of hydrogen-bond donors (Lipinski definition) is 0. The summed E-state index contributed by atoms with van der Waals surface area (Å²) in [6.07, 6.45) is 2.01. The van der Waals surface area contributed by atoms with E-state index in [-0.39, 0.29) is 25.5 Å². The van der Waals surface area contributed by atoms with E-state index in [4.69, 9.17) is 4.98 Å². The number of imidazole rings is 1. The van der Waals surface area contributed by atoms with Crippen LogP contribution in [0.5, 0.6) is 0 Å². The molecular formula is C59H49IrN3-2. The quantitative estimate of drug-likeness (QED) is 0.123. The summed E-state index contributed by atoms with van der Waals surface area (Å²) in [5, 5.41) is 4.91. The van der Waals surface area contributed by atoms with Crippen molar-refractivity contribution in [1.82, 2.24) is 14.5 Å². The summed E-state index contributed by atoms with van der Waals surface area (Å²) < 4.78 is 2.40. The molecule has 10 aromatic rings. The third-order valence-corrected chi connectivity index (χ3v) is 12.7. The molecule has 0 fully saturated rings. The Labute approximate surface area is 384 Å². The van der Waals surface area contributed by atoms with Gasteiger partial charge in [0.2, 0.25) is 0 Å². The number of fused-ring (bicyclic) bond motifs is 7. The standard InChI is InChI=1S/C39H33N2.C20H16N.Ir/c1-25(2)34-23-31(27-12-6-5-7-13-27)24-35(26(3)4)38(34)41-37-17-11-10-16-36(37)40-39(41)30-20-21-33-29(22-30)19-18-28-14-8-9-15-32(28)33;1-20(2)17-11-7-6-10-15(17)16-13-21-19(12-18(16)20)14-8-4-3-5-9-14;/h5-19,21-26H,1-4H3;3-8,10-13H,1-2H3;/q2*-1;. The van der Waals surface area contributed by atoms with Crippen molar-refractivity contribution in [2.45, 2.75) is 58.8 Å². The topological polar surface area (TPSA) is 30.7 Å². The van der Waals surface area contributed by atoms with Gasteiger partial charge in [-0.3, -0.25) is 4.98 Å². The van der Waals surface area contributed by atoms with E-state index in [1.165, 1.54) is 71.7 Å². The van der Waals surface area contributed by atoms with Gasteiger partial charge in [-0.05, 0) is 86.1 Å². The van der Waals surface area contributed by atoms with Gasteiger partial charge in [0.15, 0.2) is 0 Å². The second-order valence-corrected chi connectivity index (χ2v) is 17.6. The van der Waals surface area contributed by atoms with Crippen molar-refractivity contribution in [3.8, 4) is 50.6 Å². The summed E-state index contributed by atoms with van der Waals surface area (Å²) in [5.41, 5.74) is 16.9. The largest absolute Gasteiger partial charge is 0.333 e. The fraction of sp³-hybridized carbons (Fsp3) is 0.153. The molecule has 8 aromatic carbocycles. The van der Waals surface area contributed by atoms with E-state index < -0.39 is 0 Å². The van der Waals surface area contributed by atoms with E-state index in [0.29, 0.717) is 11.8 Å². The number of hydrogen-bond acceptors (Lipinski definition) is 2. The second kappa shape index (κ2) is 17.0. The Balaban J connectivity index is 0.000000192. The zero-order valence-corrected chi connectivity index (χ0v) is 39.0. The molecule has 0 saturated heterocycles. The molecule has 0 spiro atoms. The van der Waals surface area contributed by atoms with Crippen molar-refractivity contribution in [3.63, 3.8) is 0 Å². The van der Waals surface area contributed by atoms with Crippen LogP contribution in [-0.4, -0.2) is 14.5 Å². The van der Waals surface area contributed by atoms with E-state index in [1.807, 2.05) is 24.4 Å². The van der Waals surface area contributed by atoms with Crippen LogP contribution >= 0.6 is 0 Å². The molecule has 1 aliphatic rings. The molecule has 0 unspecified atom stereocenters. The number of nitrogens with zero attached hydrogens (tertiary/aromatic N) is 3. The molecular weight excluding hydrogens is 943 g/mol. The molecule has 0 saturated carbocycles. The predicted molar refractivity (Wildman–Crippen MR) is 260 cm³/mol. The third kappa shape index (κ3) is 7.52. The van der Waals surface area contributed by atoms with E-state index >= 15 is 0 Å². The normalized spacial score (nSPS) is 12.6. The summed E-state index contributed by atoms with van der Waals surface area (Å²) in [7, 11) is 0. The Morgan fingerprint density at radius 2 is 1.24 bits per heavy atom. The molecule has 1 radical (unpaired) electrons. The van der Waals surface area contributed by atoms with E-state index in [2.05, 4.69) is 215 Å². The molecule has 0 atom stereocenters. The molecule has 0 aliphatic heterocycles. The maximum atomic E-state index is 5.24. The first-order valence-electron chi connectivity index (χ1n) is 21.8. The molecule has 2 heterocycles. The molecule has 0 amide bonds. The van der Waals surface area contributed by atoms with Gasteiger partial charge < -0.3 is 9.55 Å². The average Bonchev–Trinajstić information content (AvgIpc) is 3.81. The number of pyridine rings is 1. The van der Waals surface area contributed by atoms with E-state index in [0.717, 1.165) is 33.7 Å².